The summed E-state index contributed by atoms with van der Waals surface area (Å²) in [5, 5.41) is 9.87. The molecule has 0 aromatic heterocycles. The Bertz CT molecular complexity index is 414. The first-order valence-corrected chi connectivity index (χ1v) is 10.2. The zero-order valence-corrected chi connectivity index (χ0v) is 16.0. The molecule has 0 bridgehead atoms. The van der Waals surface area contributed by atoms with E-state index in [-0.39, 0.29) is 0 Å². The predicted octanol–water partition coefficient (Wildman–Crippen LogP) is 7.03. The van der Waals surface area contributed by atoms with Crippen molar-refractivity contribution in [2.45, 2.75) is 97.3 Å². The van der Waals surface area contributed by atoms with Crippen LogP contribution in [0.25, 0.3) is 0 Å². The van der Waals surface area contributed by atoms with Gasteiger partial charge in [-0.2, -0.15) is 0 Å². The summed E-state index contributed by atoms with van der Waals surface area (Å²) in [6, 6.07) is 5.64. The van der Waals surface area contributed by atoms with E-state index in [1.54, 1.807) is 6.07 Å². The zero-order chi connectivity index (χ0) is 17.5. The number of aryl methyl sites for hydroxylation is 1. The van der Waals surface area contributed by atoms with E-state index in [2.05, 4.69) is 13.8 Å². The van der Waals surface area contributed by atoms with Crippen molar-refractivity contribution in [1.29, 1.82) is 0 Å². The van der Waals surface area contributed by atoms with Crippen LogP contribution < -0.4 is 4.74 Å². The van der Waals surface area contributed by atoms with Crippen molar-refractivity contribution in [1.82, 2.24) is 0 Å². The topological polar surface area (TPSA) is 29.5 Å². The molecule has 1 aromatic carbocycles. The predicted molar refractivity (Wildman–Crippen MR) is 104 cm³/mol. The minimum atomic E-state index is 0.398. The first kappa shape index (κ1) is 20.9. The number of unbranched alkanes of at least 4 members (excludes halogenated alkanes) is 10. The fourth-order valence-corrected chi connectivity index (χ4v) is 3.00. The first-order chi connectivity index (χ1) is 11.8. The summed E-state index contributed by atoms with van der Waals surface area (Å²) in [6.07, 6.45) is 16.6. The van der Waals surface area contributed by atoms with Crippen LogP contribution in [0.4, 0.5) is 0 Å². The smallest absolute Gasteiger partial charge is 0.119 e. The van der Waals surface area contributed by atoms with E-state index in [1.165, 1.54) is 57.8 Å². The van der Waals surface area contributed by atoms with E-state index in [1.807, 2.05) is 12.1 Å². The maximum Gasteiger partial charge on any atom is 0.119 e. The Morgan fingerprint density at radius 2 is 1.33 bits per heavy atom. The monoisotopic (exact) mass is 334 g/mol. The molecule has 1 aromatic rings. The fourth-order valence-electron chi connectivity index (χ4n) is 3.00. The van der Waals surface area contributed by atoms with Crippen LogP contribution in [-0.4, -0.2) is 11.7 Å². The van der Waals surface area contributed by atoms with Gasteiger partial charge in [-0.05, 0) is 43.0 Å². The average molecular weight is 335 g/mol. The van der Waals surface area contributed by atoms with E-state index in [0.29, 0.717) is 5.75 Å². The molecular weight excluding hydrogens is 296 g/mol. The van der Waals surface area contributed by atoms with Crippen LogP contribution in [0.5, 0.6) is 11.5 Å². The van der Waals surface area contributed by atoms with Crippen molar-refractivity contribution < 1.29 is 9.84 Å². The lowest BCUT2D eigenvalue weighted by Gasteiger charge is -2.09. The Hall–Kier alpha value is -1.18. The SMILES string of the molecule is CCCCCCCCCCCCOc1ccc(O)c(CCCC)c1. The second-order valence-electron chi connectivity index (χ2n) is 6.92. The van der Waals surface area contributed by atoms with Gasteiger partial charge in [-0.1, -0.05) is 78.1 Å². The van der Waals surface area contributed by atoms with E-state index in [0.717, 1.165) is 43.6 Å². The van der Waals surface area contributed by atoms with Crippen LogP contribution in [0, 0.1) is 0 Å². The van der Waals surface area contributed by atoms with Crippen LogP contribution in [0.3, 0.4) is 0 Å². The van der Waals surface area contributed by atoms with Crippen molar-refractivity contribution in [3.05, 3.63) is 23.8 Å². The van der Waals surface area contributed by atoms with Gasteiger partial charge in [0.25, 0.3) is 0 Å². The van der Waals surface area contributed by atoms with Crippen LogP contribution in [-0.2, 0) is 6.42 Å². The molecule has 0 amide bonds. The maximum absolute atomic E-state index is 9.87. The molecule has 0 aliphatic rings. The number of rotatable bonds is 15. The van der Waals surface area contributed by atoms with Crippen molar-refractivity contribution >= 4 is 0 Å². The fraction of sp³-hybridized carbons (Fsp3) is 0.727. The van der Waals surface area contributed by atoms with E-state index in [9.17, 15) is 5.11 Å². The Balaban J connectivity index is 2.04. The Morgan fingerprint density at radius 1 is 0.750 bits per heavy atom. The van der Waals surface area contributed by atoms with Crippen molar-refractivity contribution in [2.24, 2.45) is 0 Å². The van der Waals surface area contributed by atoms with Gasteiger partial charge in [0.1, 0.15) is 11.5 Å². The Morgan fingerprint density at radius 3 is 1.96 bits per heavy atom. The van der Waals surface area contributed by atoms with Crippen LogP contribution in [0.15, 0.2) is 18.2 Å². The Kier molecular flexibility index (Phi) is 12.3. The van der Waals surface area contributed by atoms with Crippen LogP contribution in [0.1, 0.15) is 96.5 Å². The van der Waals surface area contributed by atoms with Gasteiger partial charge in [-0.3, -0.25) is 0 Å². The van der Waals surface area contributed by atoms with Gasteiger partial charge in [-0.15, -0.1) is 0 Å². The molecule has 0 fully saturated rings. The highest BCUT2D eigenvalue weighted by atomic mass is 16.5. The molecule has 0 atom stereocenters. The number of hydrogen-bond acceptors (Lipinski definition) is 2. The second-order valence-corrected chi connectivity index (χ2v) is 6.92. The van der Waals surface area contributed by atoms with Gasteiger partial charge >= 0.3 is 0 Å². The van der Waals surface area contributed by atoms with E-state index >= 15 is 0 Å². The van der Waals surface area contributed by atoms with Crippen LogP contribution >= 0.6 is 0 Å². The van der Waals surface area contributed by atoms with Crippen molar-refractivity contribution in [3.63, 3.8) is 0 Å². The molecule has 2 heteroatoms. The standard InChI is InChI=1S/C22H38O2/c1-3-5-7-8-9-10-11-12-13-14-18-24-21-16-17-22(23)20(19-21)15-6-4-2/h16-17,19,23H,3-15,18H2,1-2H3. The number of hydrogen-bond donors (Lipinski definition) is 1. The molecule has 0 spiro atoms. The molecule has 0 aliphatic carbocycles. The van der Waals surface area contributed by atoms with Gasteiger partial charge in [-0.25, -0.2) is 0 Å². The number of benzene rings is 1. The normalized spacial score (nSPS) is 10.9. The minimum absolute atomic E-state index is 0.398. The average Bonchev–Trinajstić information content (AvgIpc) is 2.59. The molecule has 0 saturated heterocycles. The summed E-state index contributed by atoms with van der Waals surface area (Å²) in [7, 11) is 0. The molecule has 0 aliphatic heterocycles. The maximum atomic E-state index is 9.87. The molecule has 2 nitrogen and oxygen atoms in total. The molecule has 0 heterocycles. The van der Waals surface area contributed by atoms with Gasteiger partial charge in [0.15, 0.2) is 0 Å². The summed E-state index contributed by atoms with van der Waals surface area (Å²) in [5.41, 5.74) is 1.01. The summed E-state index contributed by atoms with van der Waals surface area (Å²) in [5.74, 6) is 1.30. The number of ether oxygens (including phenoxy) is 1. The summed E-state index contributed by atoms with van der Waals surface area (Å²) in [6.45, 7) is 5.23. The summed E-state index contributed by atoms with van der Waals surface area (Å²) < 4.78 is 5.84. The third kappa shape index (κ3) is 9.85. The van der Waals surface area contributed by atoms with Crippen molar-refractivity contribution in [3.8, 4) is 11.5 Å². The molecule has 0 saturated carbocycles. The lowest BCUT2D eigenvalue weighted by Crippen LogP contribution is -1.98. The highest BCUT2D eigenvalue weighted by Crippen LogP contribution is 2.24. The number of aromatic hydroxyl groups is 1. The largest absolute Gasteiger partial charge is 0.508 e. The molecule has 24 heavy (non-hydrogen) atoms. The lowest BCUT2D eigenvalue weighted by atomic mass is 10.1. The van der Waals surface area contributed by atoms with Gasteiger partial charge < -0.3 is 9.84 Å². The minimum Gasteiger partial charge on any atom is -0.508 e. The highest BCUT2D eigenvalue weighted by Gasteiger charge is 2.03. The quantitative estimate of drug-likeness (QED) is 0.349. The first-order valence-electron chi connectivity index (χ1n) is 10.2. The third-order valence-electron chi connectivity index (χ3n) is 4.62. The molecule has 1 N–H and O–H groups in total. The molecular formula is C22H38O2. The molecule has 0 radical (unpaired) electrons. The number of phenolic OH excluding ortho intramolecular Hbond substituents is 1. The Labute approximate surface area is 149 Å². The van der Waals surface area contributed by atoms with Gasteiger partial charge in [0.05, 0.1) is 6.61 Å². The highest BCUT2D eigenvalue weighted by molar-refractivity contribution is 5.39. The molecule has 0 unspecified atom stereocenters. The molecule has 1 rings (SSSR count). The third-order valence-corrected chi connectivity index (χ3v) is 4.62. The van der Waals surface area contributed by atoms with E-state index < -0.39 is 0 Å². The number of phenols is 1. The second kappa shape index (κ2) is 14.2. The van der Waals surface area contributed by atoms with Gasteiger partial charge in [0, 0.05) is 0 Å². The van der Waals surface area contributed by atoms with Gasteiger partial charge in [0.2, 0.25) is 0 Å². The lowest BCUT2D eigenvalue weighted by molar-refractivity contribution is 0.303. The van der Waals surface area contributed by atoms with Crippen LogP contribution in [0.2, 0.25) is 0 Å². The summed E-state index contributed by atoms with van der Waals surface area (Å²) in [4.78, 5) is 0. The van der Waals surface area contributed by atoms with Crippen molar-refractivity contribution in [2.75, 3.05) is 6.61 Å². The molecule has 138 valence electrons. The van der Waals surface area contributed by atoms with E-state index in [4.69, 9.17) is 4.74 Å². The summed E-state index contributed by atoms with van der Waals surface area (Å²) >= 11 is 0. The zero-order valence-electron chi connectivity index (χ0n) is 16.0.